The second kappa shape index (κ2) is 7.94. The van der Waals surface area contributed by atoms with Gasteiger partial charge < -0.3 is 15.2 Å². The van der Waals surface area contributed by atoms with Gasteiger partial charge >= 0.3 is 12.3 Å². The largest absolute Gasteiger partial charge is 0.573 e. The molecule has 0 fully saturated rings. The number of allylic oxidation sites excluding steroid dienone is 1. The monoisotopic (exact) mass is 409 g/mol. The maximum absolute atomic E-state index is 14.4. The summed E-state index contributed by atoms with van der Waals surface area (Å²) in [5.41, 5.74) is 0.459. The molecule has 0 saturated heterocycles. The highest BCUT2D eigenvalue weighted by Gasteiger charge is 2.32. The van der Waals surface area contributed by atoms with Crippen LogP contribution in [0.1, 0.15) is 12.8 Å². The molecule has 2 aromatic carbocycles. The summed E-state index contributed by atoms with van der Waals surface area (Å²) in [6, 6.07) is 8.78. The number of carboxylic acids is 1. The first-order valence-corrected chi connectivity index (χ1v) is 8.54. The molecule has 9 heteroatoms. The molecule has 152 valence electrons. The van der Waals surface area contributed by atoms with Gasteiger partial charge in [0.1, 0.15) is 11.6 Å². The number of rotatable bonds is 5. The average molecular weight is 409 g/mol. The first-order valence-electron chi connectivity index (χ1n) is 8.54. The second-order valence-corrected chi connectivity index (χ2v) is 6.35. The summed E-state index contributed by atoms with van der Waals surface area (Å²) in [6.45, 7) is 0. The third-order valence-electron chi connectivity index (χ3n) is 4.37. The van der Waals surface area contributed by atoms with Crippen molar-refractivity contribution in [2.75, 3.05) is 5.32 Å². The van der Waals surface area contributed by atoms with Gasteiger partial charge in [-0.05, 0) is 48.2 Å². The second-order valence-electron chi connectivity index (χ2n) is 6.35. The molecule has 29 heavy (non-hydrogen) atoms. The van der Waals surface area contributed by atoms with Gasteiger partial charge in [-0.1, -0.05) is 24.3 Å². The molecular weight excluding hydrogens is 394 g/mol. The standard InChI is InChI=1S/C20H15F4NO4/c21-16-10-12(11-3-1-4-13(9-11)29-20(22,23)24)7-8-17(16)25-18(26)14-5-2-6-15(14)19(27)28/h1,3-5,7-10,15H,2,6H2,(H,25,26)(H,27,28). The maximum atomic E-state index is 14.4. The van der Waals surface area contributed by atoms with E-state index in [4.69, 9.17) is 5.11 Å². The van der Waals surface area contributed by atoms with Crippen molar-refractivity contribution in [2.24, 2.45) is 5.92 Å². The lowest BCUT2D eigenvalue weighted by molar-refractivity contribution is -0.274. The Hall–Kier alpha value is -3.36. The van der Waals surface area contributed by atoms with E-state index in [-0.39, 0.29) is 22.4 Å². The number of alkyl halides is 3. The molecule has 0 aliphatic heterocycles. The summed E-state index contributed by atoms with van der Waals surface area (Å²) in [5.74, 6) is -4.03. The number of hydrogen-bond acceptors (Lipinski definition) is 3. The molecule has 3 rings (SSSR count). The molecule has 0 saturated carbocycles. The summed E-state index contributed by atoms with van der Waals surface area (Å²) in [7, 11) is 0. The van der Waals surface area contributed by atoms with Crippen LogP contribution in [0.4, 0.5) is 23.2 Å². The van der Waals surface area contributed by atoms with Crippen LogP contribution < -0.4 is 10.1 Å². The Morgan fingerprint density at radius 3 is 2.48 bits per heavy atom. The van der Waals surface area contributed by atoms with Crippen LogP contribution in [0.25, 0.3) is 11.1 Å². The van der Waals surface area contributed by atoms with Crippen LogP contribution in [-0.2, 0) is 9.59 Å². The zero-order valence-corrected chi connectivity index (χ0v) is 14.8. The summed E-state index contributed by atoms with van der Waals surface area (Å²) >= 11 is 0. The van der Waals surface area contributed by atoms with Gasteiger partial charge in [0.15, 0.2) is 0 Å². The van der Waals surface area contributed by atoms with E-state index in [1.54, 1.807) is 0 Å². The number of amides is 1. The van der Waals surface area contributed by atoms with Gasteiger partial charge in [-0.2, -0.15) is 0 Å². The number of anilines is 1. The van der Waals surface area contributed by atoms with E-state index in [9.17, 15) is 27.2 Å². The van der Waals surface area contributed by atoms with E-state index in [0.29, 0.717) is 12.8 Å². The Bertz CT molecular complexity index is 985. The number of halogens is 4. The molecule has 0 heterocycles. The van der Waals surface area contributed by atoms with Crippen molar-refractivity contribution in [3.05, 3.63) is 59.9 Å². The quantitative estimate of drug-likeness (QED) is 0.699. The summed E-state index contributed by atoms with van der Waals surface area (Å²) < 4.78 is 55.4. The molecule has 1 amide bonds. The third-order valence-corrected chi connectivity index (χ3v) is 4.37. The van der Waals surface area contributed by atoms with E-state index in [2.05, 4.69) is 10.1 Å². The lowest BCUT2D eigenvalue weighted by Gasteiger charge is -2.13. The van der Waals surface area contributed by atoms with Crippen LogP contribution >= 0.6 is 0 Å². The van der Waals surface area contributed by atoms with Crippen molar-refractivity contribution >= 4 is 17.6 Å². The molecule has 2 N–H and O–H groups in total. The number of aliphatic carboxylic acids is 1. The lowest BCUT2D eigenvalue weighted by atomic mass is 10.0. The number of nitrogens with one attached hydrogen (secondary N) is 1. The van der Waals surface area contributed by atoms with Crippen molar-refractivity contribution in [3.8, 4) is 16.9 Å². The Balaban J connectivity index is 1.78. The molecule has 0 spiro atoms. The fraction of sp³-hybridized carbons (Fsp3) is 0.200. The van der Waals surface area contributed by atoms with E-state index >= 15 is 0 Å². The van der Waals surface area contributed by atoms with Gasteiger partial charge in [0.25, 0.3) is 5.91 Å². The first kappa shape index (κ1) is 20.4. The normalized spacial score (nSPS) is 16.3. The van der Waals surface area contributed by atoms with Gasteiger partial charge in [0.05, 0.1) is 11.6 Å². The maximum Gasteiger partial charge on any atom is 0.573 e. The fourth-order valence-corrected chi connectivity index (χ4v) is 3.07. The van der Waals surface area contributed by atoms with Gasteiger partial charge in [-0.3, -0.25) is 9.59 Å². The molecule has 1 unspecified atom stereocenters. The van der Waals surface area contributed by atoms with E-state index in [0.717, 1.165) is 18.2 Å². The van der Waals surface area contributed by atoms with Crippen molar-refractivity contribution in [2.45, 2.75) is 19.2 Å². The number of carbonyl (C=O) groups is 2. The number of benzene rings is 2. The number of carboxylic acid groups (broad SMARTS) is 1. The van der Waals surface area contributed by atoms with Crippen LogP contribution in [0.5, 0.6) is 5.75 Å². The summed E-state index contributed by atoms with van der Waals surface area (Å²) in [4.78, 5) is 23.5. The molecular formula is C20H15F4NO4. The van der Waals surface area contributed by atoms with Crippen LogP contribution in [0.15, 0.2) is 54.1 Å². The highest BCUT2D eigenvalue weighted by Crippen LogP contribution is 2.31. The summed E-state index contributed by atoms with van der Waals surface area (Å²) in [6.07, 6.45) is -2.60. The minimum atomic E-state index is -4.85. The fourth-order valence-electron chi connectivity index (χ4n) is 3.07. The molecule has 1 atom stereocenters. The number of ether oxygens (including phenoxy) is 1. The zero-order valence-electron chi connectivity index (χ0n) is 14.8. The van der Waals surface area contributed by atoms with E-state index in [1.807, 2.05) is 0 Å². The Kier molecular flexibility index (Phi) is 5.58. The lowest BCUT2D eigenvalue weighted by Crippen LogP contribution is -2.23. The Labute approximate surface area is 162 Å². The molecule has 1 aliphatic carbocycles. The Morgan fingerprint density at radius 2 is 1.83 bits per heavy atom. The highest BCUT2D eigenvalue weighted by molar-refractivity contribution is 6.07. The van der Waals surface area contributed by atoms with Crippen molar-refractivity contribution < 1.29 is 37.0 Å². The zero-order chi connectivity index (χ0) is 21.2. The molecule has 2 aromatic rings. The third kappa shape index (κ3) is 4.92. The average Bonchev–Trinajstić information content (AvgIpc) is 3.12. The molecule has 0 bridgehead atoms. The summed E-state index contributed by atoms with van der Waals surface area (Å²) in [5, 5.41) is 11.5. The number of carbonyl (C=O) groups excluding carboxylic acids is 1. The van der Waals surface area contributed by atoms with Crippen LogP contribution in [0.3, 0.4) is 0 Å². The van der Waals surface area contributed by atoms with Crippen LogP contribution in [-0.4, -0.2) is 23.3 Å². The van der Waals surface area contributed by atoms with Gasteiger partial charge in [-0.15, -0.1) is 13.2 Å². The van der Waals surface area contributed by atoms with Crippen molar-refractivity contribution in [1.29, 1.82) is 0 Å². The van der Waals surface area contributed by atoms with E-state index < -0.39 is 35.7 Å². The minimum absolute atomic E-state index is 0.0676. The van der Waals surface area contributed by atoms with Crippen molar-refractivity contribution in [3.63, 3.8) is 0 Å². The van der Waals surface area contributed by atoms with Crippen LogP contribution in [0, 0.1) is 11.7 Å². The molecule has 0 radical (unpaired) electrons. The Morgan fingerprint density at radius 1 is 1.10 bits per heavy atom. The minimum Gasteiger partial charge on any atom is -0.481 e. The van der Waals surface area contributed by atoms with Crippen LogP contribution in [0.2, 0.25) is 0 Å². The first-order chi connectivity index (χ1) is 13.6. The van der Waals surface area contributed by atoms with Gasteiger partial charge in [0, 0.05) is 5.57 Å². The molecule has 5 nitrogen and oxygen atoms in total. The SMILES string of the molecule is O=C(Nc1ccc(-c2cccc(OC(F)(F)F)c2)cc1F)C1=CCCC1C(=O)O. The van der Waals surface area contributed by atoms with Gasteiger partial charge in [0.2, 0.25) is 0 Å². The van der Waals surface area contributed by atoms with Crippen molar-refractivity contribution in [1.82, 2.24) is 0 Å². The predicted octanol–water partition coefficient (Wildman–Crippen LogP) is 4.75. The van der Waals surface area contributed by atoms with E-state index in [1.165, 1.54) is 30.3 Å². The van der Waals surface area contributed by atoms with Gasteiger partial charge in [-0.25, -0.2) is 4.39 Å². The molecule has 1 aliphatic rings. The predicted molar refractivity (Wildman–Crippen MR) is 95.6 cm³/mol. The topological polar surface area (TPSA) is 75.6 Å². The number of hydrogen-bond donors (Lipinski definition) is 2. The highest BCUT2D eigenvalue weighted by atomic mass is 19.4. The smallest absolute Gasteiger partial charge is 0.481 e. The molecule has 0 aromatic heterocycles.